The van der Waals surface area contributed by atoms with Crippen molar-refractivity contribution in [3.8, 4) is 0 Å². The molecule has 9 heavy (non-hydrogen) atoms. The minimum Gasteiger partial charge on any atom is -0.437 e. The fraction of sp³-hybridized carbons (Fsp3) is 0.167. The summed E-state index contributed by atoms with van der Waals surface area (Å²) in [4.78, 5) is 11.3. The summed E-state index contributed by atoms with van der Waals surface area (Å²) in [5.41, 5.74) is 0. The first kappa shape index (κ1) is 6.29. The predicted octanol–water partition coefficient (Wildman–Crippen LogP) is 2.27. The van der Waals surface area contributed by atoms with E-state index in [2.05, 4.69) is 0 Å². The van der Waals surface area contributed by atoms with Gasteiger partial charge in [-0.05, 0) is 12.1 Å². The predicted molar refractivity (Wildman–Crippen MR) is 37.1 cm³/mol. The number of carbonyl (C=O) groups is 1. The second kappa shape index (κ2) is 2.19. The average molecular weight is 143 g/mol. The minimum atomic E-state index is -0.738. The summed E-state index contributed by atoms with van der Waals surface area (Å²) in [7, 11) is -0.627. The average Bonchev–Trinajstić information content (AvgIpc) is 2.13. The summed E-state index contributed by atoms with van der Waals surface area (Å²) >= 11 is 0. The quantitative estimate of drug-likeness (QED) is 0.612. The highest BCUT2D eigenvalue weighted by Crippen LogP contribution is 2.23. The van der Waals surface area contributed by atoms with Gasteiger partial charge in [-0.2, -0.15) is 4.79 Å². The third kappa shape index (κ3) is 1.10. The first-order valence-corrected chi connectivity index (χ1v) is 3.81. The molecule has 3 heteroatoms. The van der Waals surface area contributed by atoms with Crippen molar-refractivity contribution >= 4 is 15.8 Å². The largest absolute Gasteiger partial charge is 0.552 e. The number of carboxylic acid groups (broad SMARTS) is 1. The van der Waals surface area contributed by atoms with Gasteiger partial charge in [-0.1, -0.05) is 0 Å². The smallest absolute Gasteiger partial charge is 0.437 e. The van der Waals surface area contributed by atoms with Gasteiger partial charge >= 0.3 is 5.30 Å². The van der Waals surface area contributed by atoms with Crippen LogP contribution >= 0.6 is 10.5 Å². The summed E-state index contributed by atoms with van der Waals surface area (Å²) in [5.74, 6) is 0. The van der Waals surface area contributed by atoms with Gasteiger partial charge in [0.15, 0.2) is 10.3 Å². The standard InChI is InChI=1S/C6H6O2S/c1-5-3-2-4-9(5)6(7)8/h2-4H,1H3/p+1. The zero-order valence-corrected chi connectivity index (χ0v) is 5.81. The molecule has 0 aliphatic carbocycles. The Labute approximate surface area is 55.7 Å². The van der Waals surface area contributed by atoms with Gasteiger partial charge < -0.3 is 5.11 Å². The second-order valence-electron chi connectivity index (χ2n) is 1.71. The van der Waals surface area contributed by atoms with Crippen LogP contribution in [0, 0.1) is 6.92 Å². The van der Waals surface area contributed by atoms with Crippen LogP contribution < -0.4 is 0 Å². The highest BCUT2D eigenvalue weighted by molar-refractivity contribution is 7.49. The van der Waals surface area contributed by atoms with Crippen molar-refractivity contribution in [1.82, 2.24) is 0 Å². The molecule has 0 radical (unpaired) electrons. The molecule has 0 aliphatic rings. The Hall–Kier alpha value is -0.830. The summed E-state index contributed by atoms with van der Waals surface area (Å²) < 4.78 is 0. The van der Waals surface area contributed by atoms with Crippen LogP contribution in [0.3, 0.4) is 0 Å². The third-order valence-corrected chi connectivity index (χ3v) is 2.72. The van der Waals surface area contributed by atoms with Crippen LogP contribution in [0.25, 0.3) is 0 Å². The molecule has 1 aromatic rings. The van der Waals surface area contributed by atoms with E-state index in [1.165, 1.54) is 0 Å². The zero-order chi connectivity index (χ0) is 6.85. The van der Waals surface area contributed by atoms with Crippen LogP contribution in [-0.4, -0.2) is 10.4 Å². The maximum absolute atomic E-state index is 10.3. The molecular formula is C6H7O2S+. The molecule has 1 N–H and O–H groups in total. The molecular weight excluding hydrogens is 136 g/mol. The molecule has 0 spiro atoms. The Kier molecular flexibility index (Phi) is 1.53. The molecule has 48 valence electrons. The van der Waals surface area contributed by atoms with Gasteiger partial charge in [-0.25, -0.2) is 0 Å². The highest BCUT2D eigenvalue weighted by Gasteiger charge is 2.16. The van der Waals surface area contributed by atoms with Crippen molar-refractivity contribution in [2.45, 2.75) is 6.92 Å². The lowest BCUT2D eigenvalue weighted by Gasteiger charge is -1.75. The summed E-state index contributed by atoms with van der Waals surface area (Å²) in [6.07, 6.45) is 0. The van der Waals surface area contributed by atoms with Crippen LogP contribution in [-0.2, 0) is 0 Å². The maximum atomic E-state index is 10.3. The van der Waals surface area contributed by atoms with Crippen LogP contribution in [0.5, 0.6) is 0 Å². The van der Waals surface area contributed by atoms with Gasteiger partial charge in [0.1, 0.15) is 0 Å². The first-order valence-electron chi connectivity index (χ1n) is 2.53. The lowest BCUT2D eigenvalue weighted by molar-refractivity contribution is 0.221. The molecule has 1 aromatic heterocycles. The van der Waals surface area contributed by atoms with E-state index >= 15 is 0 Å². The van der Waals surface area contributed by atoms with E-state index in [0.717, 1.165) is 4.88 Å². The Morgan fingerprint density at radius 1 is 1.78 bits per heavy atom. The van der Waals surface area contributed by atoms with Gasteiger partial charge in [0.2, 0.25) is 0 Å². The first-order chi connectivity index (χ1) is 4.22. The Bertz CT molecular complexity index is 227. The number of rotatable bonds is 1. The van der Waals surface area contributed by atoms with E-state index in [9.17, 15) is 4.79 Å². The molecule has 1 heterocycles. The summed E-state index contributed by atoms with van der Waals surface area (Å²) in [5, 5.41) is 9.47. The number of aryl methyl sites for hydroxylation is 1. The van der Waals surface area contributed by atoms with Crippen LogP contribution in [0.15, 0.2) is 17.5 Å². The van der Waals surface area contributed by atoms with Crippen molar-refractivity contribution in [3.63, 3.8) is 0 Å². The molecule has 0 bridgehead atoms. The molecule has 0 fully saturated rings. The van der Waals surface area contributed by atoms with E-state index in [-0.39, 0.29) is 0 Å². The lowest BCUT2D eigenvalue weighted by atomic mass is 10.5. The molecule has 1 atom stereocenters. The van der Waals surface area contributed by atoms with Crippen molar-refractivity contribution < 1.29 is 9.90 Å². The molecule has 0 saturated heterocycles. The SMILES string of the molecule is Cc1ccc[s+]1C(=O)O. The normalized spacial score (nSPS) is 11.4. The molecule has 2 nitrogen and oxygen atoms in total. The summed E-state index contributed by atoms with van der Waals surface area (Å²) in [6, 6.07) is 3.61. The van der Waals surface area contributed by atoms with Crippen molar-refractivity contribution in [2.75, 3.05) is 0 Å². The van der Waals surface area contributed by atoms with Gasteiger partial charge in [0.05, 0.1) is 10.5 Å². The lowest BCUT2D eigenvalue weighted by Crippen LogP contribution is -1.82. The fourth-order valence-electron chi connectivity index (χ4n) is 0.630. The Morgan fingerprint density at radius 3 is 2.67 bits per heavy atom. The van der Waals surface area contributed by atoms with Gasteiger partial charge in [-0.3, -0.25) is 0 Å². The molecule has 1 rings (SSSR count). The highest BCUT2D eigenvalue weighted by atomic mass is 32.2. The van der Waals surface area contributed by atoms with Gasteiger partial charge in [-0.15, -0.1) is 0 Å². The molecule has 0 saturated carbocycles. The summed E-state index contributed by atoms with van der Waals surface area (Å²) in [6.45, 7) is 1.83. The van der Waals surface area contributed by atoms with Crippen LogP contribution in [0.1, 0.15) is 4.88 Å². The van der Waals surface area contributed by atoms with Crippen molar-refractivity contribution in [1.29, 1.82) is 0 Å². The van der Waals surface area contributed by atoms with Gasteiger partial charge in [0, 0.05) is 6.92 Å². The van der Waals surface area contributed by atoms with E-state index in [1.807, 2.05) is 13.0 Å². The molecule has 1 unspecified atom stereocenters. The monoisotopic (exact) mass is 143 g/mol. The third-order valence-electron chi connectivity index (χ3n) is 1.08. The van der Waals surface area contributed by atoms with E-state index < -0.39 is 15.8 Å². The fourth-order valence-corrected chi connectivity index (χ4v) is 1.70. The van der Waals surface area contributed by atoms with E-state index in [0.29, 0.717) is 0 Å². The number of hydrogen-bond acceptors (Lipinski definition) is 1. The zero-order valence-electron chi connectivity index (χ0n) is 5.00. The van der Waals surface area contributed by atoms with Gasteiger partial charge in [0.25, 0.3) is 0 Å². The van der Waals surface area contributed by atoms with E-state index in [1.54, 1.807) is 11.4 Å². The molecule has 0 amide bonds. The van der Waals surface area contributed by atoms with Crippen LogP contribution in [0.2, 0.25) is 0 Å². The topological polar surface area (TPSA) is 37.3 Å². The number of thiophene rings is 1. The van der Waals surface area contributed by atoms with E-state index in [4.69, 9.17) is 5.11 Å². The molecule has 0 aliphatic heterocycles. The van der Waals surface area contributed by atoms with Crippen LogP contribution in [0.4, 0.5) is 4.79 Å². The number of hydrogen-bond donors (Lipinski definition) is 1. The Morgan fingerprint density at radius 2 is 2.44 bits per heavy atom. The Balaban J connectivity index is 3.08. The molecule has 0 aromatic carbocycles. The second-order valence-corrected chi connectivity index (χ2v) is 3.65. The van der Waals surface area contributed by atoms with Crippen molar-refractivity contribution in [3.05, 3.63) is 22.4 Å². The maximum Gasteiger partial charge on any atom is 0.552 e. The minimum absolute atomic E-state index is 0.627. The van der Waals surface area contributed by atoms with Crippen molar-refractivity contribution in [2.24, 2.45) is 0 Å².